The number of benzene rings is 1. The Morgan fingerprint density at radius 2 is 1.73 bits per heavy atom. The van der Waals surface area contributed by atoms with Gasteiger partial charge in [-0.1, -0.05) is 6.07 Å². The van der Waals surface area contributed by atoms with Crippen LogP contribution in [0, 0.1) is 5.82 Å². The van der Waals surface area contributed by atoms with Crippen molar-refractivity contribution in [1.29, 1.82) is 0 Å². The highest BCUT2D eigenvalue weighted by atomic mass is 19.1. The normalized spacial score (nSPS) is 25.7. The van der Waals surface area contributed by atoms with Crippen LogP contribution in [0.2, 0.25) is 0 Å². The van der Waals surface area contributed by atoms with Crippen molar-refractivity contribution in [3.63, 3.8) is 0 Å². The van der Waals surface area contributed by atoms with Crippen LogP contribution >= 0.6 is 0 Å². The zero-order chi connectivity index (χ0) is 21.5. The smallest absolute Gasteiger partial charge is 0.407 e. The number of piperazine rings is 1. The molecule has 1 aliphatic heterocycles. The van der Waals surface area contributed by atoms with Gasteiger partial charge in [-0.3, -0.25) is 4.79 Å². The highest BCUT2D eigenvalue weighted by Gasteiger charge is 2.54. The summed E-state index contributed by atoms with van der Waals surface area (Å²) in [5.74, 6) is -0.392. The van der Waals surface area contributed by atoms with E-state index in [1.54, 1.807) is 18.0 Å². The van der Waals surface area contributed by atoms with Crippen molar-refractivity contribution < 1.29 is 24.2 Å². The van der Waals surface area contributed by atoms with Crippen molar-refractivity contribution in [2.75, 3.05) is 38.1 Å². The van der Waals surface area contributed by atoms with E-state index in [-0.39, 0.29) is 23.9 Å². The summed E-state index contributed by atoms with van der Waals surface area (Å²) in [5, 5.41) is 18.8. The fourth-order valence-corrected chi connectivity index (χ4v) is 4.92. The predicted octanol–water partition coefficient (Wildman–Crippen LogP) is 2.42. The number of likely N-dealkylation sites (N-methyl/N-ethyl adjacent to an activating group) is 1. The number of halogens is 1. The van der Waals surface area contributed by atoms with Gasteiger partial charge in [0.15, 0.2) is 0 Å². The summed E-state index contributed by atoms with van der Waals surface area (Å²) in [7, 11) is 1.80. The molecular formula is C22H30FN3O4. The molecule has 0 aromatic heterocycles. The lowest BCUT2D eigenvalue weighted by Gasteiger charge is -2.36. The first-order chi connectivity index (χ1) is 14.3. The Morgan fingerprint density at radius 1 is 1.10 bits per heavy atom. The summed E-state index contributed by atoms with van der Waals surface area (Å²) in [6.45, 7) is 1.82. The maximum absolute atomic E-state index is 15.1. The number of carboxylic acid groups (broad SMARTS) is 1. The molecule has 2 saturated carbocycles. The molecule has 0 bridgehead atoms. The molecule has 1 aromatic rings. The van der Waals surface area contributed by atoms with E-state index >= 15 is 4.39 Å². The Kier molecular flexibility index (Phi) is 5.61. The maximum Gasteiger partial charge on any atom is 0.407 e. The van der Waals surface area contributed by atoms with Gasteiger partial charge in [0, 0.05) is 50.5 Å². The summed E-state index contributed by atoms with van der Waals surface area (Å²) in [5.41, 5.74) is 0.414. The summed E-state index contributed by atoms with van der Waals surface area (Å²) < 4.78 is 15.1. The van der Waals surface area contributed by atoms with Crippen LogP contribution in [0.15, 0.2) is 18.2 Å². The molecule has 2 aliphatic carbocycles. The predicted molar refractivity (Wildman–Crippen MR) is 110 cm³/mol. The quantitative estimate of drug-likeness (QED) is 0.783. The average molecular weight is 419 g/mol. The van der Waals surface area contributed by atoms with E-state index in [1.807, 2.05) is 11.0 Å². The molecule has 0 spiro atoms. The van der Waals surface area contributed by atoms with Crippen LogP contribution in [0.1, 0.15) is 44.1 Å². The molecule has 1 saturated heterocycles. The van der Waals surface area contributed by atoms with Crippen LogP contribution in [0.25, 0.3) is 0 Å². The zero-order valence-electron chi connectivity index (χ0n) is 17.4. The van der Waals surface area contributed by atoms with Crippen molar-refractivity contribution in [2.24, 2.45) is 0 Å². The molecule has 3 aliphatic rings. The minimum atomic E-state index is -0.929. The van der Waals surface area contributed by atoms with Crippen LogP contribution in [0.3, 0.4) is 0 Å². The molecule has 4 rings (SSSR count). The lowest BCUT2D eigenvalue weighted by atomic mass is 9.89. The first-order valence-corrected chi connectivity index (χ1v) is 10.8. The van der Waals surface area contributed by atoms with Gasteiger partial charge in [0.2, 0.25) is 5.91 Å². The van der Waals surface area contributed by atoms with Gasteiger partial charge in [-0.2, -0.15) is 0 Å². The Balaban J connectivity index is 1.46. The van der Waals surface area contributed by atoms with Crippen molar-refractivity contribution in [1.82, 2.24) is 9.80 Å². The van der Waals surface area contributed by atoms with Crippen molar-refractivity contribution in [2.45, 2.75) is 56.1 Å². The number of nitrogens with zero attached hydrogens (tertiary/aromatic N) is 3. The molecule has 2 N–H and O–H groups in total. The average Bonchev–Trinajstić information content (AvgIpc) is 3.55. The van der Waals surface area contributed by atoms with Crippen LogP contribution in [0.5, 0.6) is 0 Å². The van der Waals surface area contributed by atoms with E-state index in [0.29, 0.717) is 57.4 Å². The van der Waals surface area contributed by atoms with E-state index in [4.69, 9.17) is 5.11 Å². The molecule has 0 atom stereocenters. The lowest BCUT2D eigenvalue weighted by molar-refractivity contribution is -0.135. The Bertz CT molecular complexity index is 813. The molecule has 7 nitrogen and oxygen atoms in total. The molecule has 2 amide bonds. The third-order valence-corrected chi connectivity index (χ3v) is 7.08. The maximum atomic E-state index is 15.1. The van der Waals surface area contributed by atoms with Crippen LogP contribution in [0.4, 0.5) is 14.9 Å². The molecule has 164 valence electrons. The Labute approximate surface area is 176 Å². The first kappa shape index (κ1) is 20.9. The first-order valence-electron chi connectivity index (χ1n) is 10.8. The van der Waals surface area contributed by atoms with Crippen LogP contribution in [-0.2, 0) is 10.2 Å². The van der Waals surface area contributed by atoms with E-state index in [9.17, 15) is 14.7 Å². The largest absolute Gasteiger partial charge is 0.465 e. The molecule has 30 heavy (non-hydrogen) atoms. The number of anilines is 1. The second-order valence-corrected chi connectivity index (χ2v) is 8.88. The molecular weight excluding hydrogens is 389 g/mol. The fourth-order valence-electron chi connectivity index (χ4n) is 4.92. The molecule has 8 heteroatoms. The molecule has 1 aromatic carbocycles. The Morgan fingerprint density at radius 3 is 2.27 bits per heavy atom. The third kappa shape index (κ3) is 3.85. The van der Waals surface area contributed by atoms with Crippen LogP contribution in [-0.4, -0.2) is 77.4 Å². The summed E-state index contributed by atoms with van der Waals surface area (Å²) >= 11 is 0. The topological polar surface area (TPSA) is 84.3 Å². The highest BCUT2D eigenvalue weighted by Crippen LogP contribution is 2.51. The van der Waals surface area contributed by atoms with Crippen molar-refractivity contribution >= 4 is 17.7 Å². The van der Waals surface area contributed by atoms with Gasteiger partial charge in [-0.05, 0) is 50.7 Å². The minimum Gasteiger partial charge on any atom is -0.465 e. The second kappa shape index (κ2) is 8.06. The van der Waals surface area contributed by atoms with Gasteiger partial charge in [0.1, 0.15) is 5.82 Å². The number of hydrogen-bond donors (Lipinski definition) is 2. The van der Waals surface area contributed by atoms with E-state index in [0.717, 1.165) is 18.5 Å². The second-order valence-electron chi connectivity index (χ2n) is 8.88. The monoisotopic (exact) mass is 419 g/mol. The van der Waals surface area contributed by atoms with E-state index < -0.39 is 11.5 Å². The van der Waals surface area contributed by atoms with Gasteiger partial charge in [0.05, 0.1) is 11.5 Å². The number of aliphatic hydroxyl groups excluding tert-OH is 1. The van der Waals surface area contributed by atoms with Gasteiger partial charge < -0.3 is 24.9 Å². The summed E-state index contributed by atoms with van der Waals surface area (Å²) in [6.07, 6.45) is 3.06. The number of carbonyl (C=O) groups excluding carboxylic acids is 1. The van der Waals surface area contributed by atoms with Crippen molar-refractivity contribution in [3.8, 4) is 0 Å². The van der Waals surface area contributed by atoms with E-state index in [1.165, 1.54) is 11.0 Å². The van der Waals surface area contributed by atoms with Gasteiger partial charge in [0.25, 0.3) is 0 Å². The van der Waals surface area contributed by atoms with Crippen molar-refractivity contribution in [3.05, 3.63) is 29.6 Å². The number of hydrogen-bond acceptors (Lipinski definition) is 4. The van der Waals surface area contributed by atoms with E-state index in [2.05, 4.69) is 0 Å². The SMILES string of the molecule is CN(C(=O)C1(c2ccc(N3CCN(C(=O)O)CC3)cc2F)CC1)[C@H]1CC[C@H](O)CC1. The number of rotatable bonds is 4. The van der Waals surface area contributed by atoms with Gasteiger partial charge in [-0.15, -0.1) is 0 Å². The lowest BCUT2D eigenvalue weighted by Crippen LogP contribution is -2.48. The molecule has 0 radical (unpaired) electrons. The summed E-state index contributed by atoms with van der Waals surface area (Å²) in [6, 6.07) is 5.17. The fraction of sp³-hybridized carbons (Fsp3) is 0.636. The molecule has 0 unspecified atom stereocenters. The number of carbonyl (C=O) groups is 2. The summed E-state index contributed by atoms with van der Waals surface area (Å²) in [4.78, 5) is 29.4. The van der Waals surface area contributed by atoms with Gasteiger partial charge >= 0.3 is 6.09 Å². The van der Waals surface area contributed by atoms with Crippen LogP contribution < -0.4 is 4.90 Å². The standard InChI is InChI=1S/C22H30FN3O4/c1-24(15-2-5-17(27)6-3-15)20(28)22(8-9-22)18-7-4-16(14-19(18)23)25-10-12-26(13-11-25)21(29)30/h4,7,14-15,17,27H,2-3,5-6,8-13H2,1H3,(H,29,30)/t15-,17-. The molecule has 3 fully saturated rings. The Hall–Kier alpha value is -2.35. The third-order valence-electron chi connectivity index (χ3n) is 7.08. The van der Waals surface area contributed by atoms with Gasteiger partial charge in [-0.25, -0.2) is 9.18 Å². The zero-order valence-corrected chi connectivity index (χ0v) is 17.4. The number of aliphatic hydroxyl groups is 1. The molecule has 1 heterocycles. The number of amides is 2. The minimum absolute atomic E-state index is 0.0226. The highest BCUT2D eigenvalue weighted by molar-refractivity contribution is 5.91.